The molecular weight excluding hydrogens is 535 g/mol. The maximum Gasteiger partial charge on any atom is 0.319 e. The third-order valence-corrected chi connectivity index (χ3v) is 9.54. The summed E-state index contributed by atoms with van der Waals surface area (Å²) in [5, 5.41) is 16.4. The SMILES string of the molecule is O=c1c2c(N3CCNCC3)nc(OC[C@@]34CCCN3C[C@H](F)C4)nc2cc(-c2cc(O)cc3ccccc23)n1C1CC1. The molecule has 1 saturated carbocycles. The summed E-state index contributed by atoms with van der Waals surface area (Å²) in [6, 6.07) is 13.6. The average molecular weight is 571 g/mol. The average Bonchev–Trinajstić information content (AvgIpc) is 3.68. The standard InChI is InChI=1S/C32H35FN6O3/c33-21-17-32(8-3-11-38(32)18-21)19-42-31-35-26-16-27(25-15-23(40)14-20-4-1-2-5-24(20)25)39(22-6-7-22)30(41)28(26)29(36-31)37-12-9-34-10-13-37/h1-2,4-5,14-16,21-22,34,40H,3,6-13,17-19H2/t21-,32+/m1/s1. The van der Waals surface area contributed by atoms with E-state index in [4.69, 9.17) is 14.7 Å². The van der Waals surface area contributed by atoms with Gasteiger partial charge in [0.15, 0.2) is 0 Å². The lowest BCUT2D eigenvalue weighted by Crippen LogP contribution is -2.45. The predicted octanol–water partition coefficient (Wildman–Crippen LogP) is 4.02. The van der Waals surface area contributed by atoms with Crippen LogP contribution in [0.25, 0.3) is 32.9 Å². The van der Waals surface area contributed by atoms with Crippen LogP contribution in [0.5, 0.6) is 11.8 Å². The number of ether oxygens (including phenoxy) is 1. The summed E-state index contributed by atoms with van der Waals surface area (Å²) in [6.45, 7) is 4.68. The predicted molar refractivity (Wildman–Crippen MR) is 160 cm³/mol. The summed E-state index contributed by atoms with van der Waals surface area (Å²) in [5.41, 5.74) is 1.60. The molecule has 0 bridgehead atoms. The van der Waals surface area contributed by atoms with Crippen LogP contribution in [0.2, 0.25) is 0 Å². The molecule has 0 unspecified atom stereocenters. The van der Waals surface area contributed by atoms with E-state index in [1.54, 1.807) is 12.1 Å². The molecule has 1 aliphatic carbocycles. The van der Waals surface area contributed by atoms with Crippen molar-refractivity contribution >= 4 is 27.5 Å². The van der Waals surface area contributed by atoms with Gasteiger partial charge in [-0.05, 0) is 61.2 Å². The zero-order chi connectivity index (χ0) is 28.4. The lowest BCUT2D eigenvalue weighted by Gasteiger charge is -2.32. The topological polar surface area (TPSA) is 95.8 Å². The Labute approximate surface area is 242 Å². The number of aromatic nitrogens is 3. The molecule has 2 N–H and O–H groups in total. The second-order valence-corrected chi connectivity index (χ2v) is 12.3. The highest BCUT2D eigenvalue weighted by Crippen LogP contribution is 2.42. The Morgan fingerprint density at radius 2 is 1.93 bits per heavy atom. The molecule has 0 spiro atoms. The van der Waals surface area contributed by atoms with Gasteiger partial charge in [0.2, 0.25) is 0 Å². The number of nitrogens with zero attached hydrogens (tertiary/aromatic N) is 5. The van der Waals surface area contributed by atoms with Crippen molar-refractivity contribution in [2.75, 3.05) is 50.8 Å². The minimum atomic E-state index is -0.844. The summed E-state index contributed by atoms with van der Waals surface area (Å²) >= 11 is 0. The van der Waals surface area contributed by atoms with Gasteiger partial charge < -0.3 is 24.6 Å². The minimum Gasteiger partial charge on any atom is -0.508 e. The number of phenols is 1. The van der Waals surface area contributed by atoms with Crippen LogP contribution in [0.1, 0.15) is 38.1 Å². The van der Waals surface area contributed by atoms with E-state index in [2.05, 4.69) is 15.1 Å². The monoisotopic (exact) mass is 570 g/mol. The molecule has 2 atom stereocenters. The zero-order valence-corrected chi connectivity index (χ0v) is 23.6. The first-order valence-electron chi connectivity index (χ1n) is 15.2. The first-order chi connectivity index (χ1) is 20.5. The molecule has 4 fully saturated rings. The van der Waals surface area contributed by atoms with Crippen LogP contribution < -0.4 is 20.5 Å². The number of phenolic OH excluding ortho intramolecular Hbond substituents is 1. The summed E-state index contributed by atoms with van der Waals surface area (Å²) in [4.78, 5) is 28.5. The first-order valence-corrected chi connectivity index (χ1v) is 15.2. The van der Waals surface area contributed by atoms with E-state index in [1.165, 1.54) is 0 Å². The van der Waals surface area contributed by atoms with Gasteiger partial charge >= 0.3 is 6.01 Å². The fourth-order valence-corrected chi connectivity index (χ4v) is 7.41. The lowest BCUT2D eigenvalue weighted by molar-refractivity contribution is 0.107. The van der Waals surface area contributed by atoms with Crippen molar-refractivity contribution in [3.8, 4) is 23.0 Å². The van der Waals surface area contributed by atoms with Crippen LogP contribution in [0, 0.1) is 0 Å². The molecule has 5 heterocycles. The number of halogens is 1. The van der Waals surface area contributed by atoms with Crippen molar-refractivity contribution in [2.24, 2.45) is 0 Å². The second kappa shape index (κ2) is 9.91. The summed E-state index contributed by atoms with van der Waals surface area (Å²) < 4.78 is 22.6. The molecule has 10 heteroatoms. The van der Waals surface area contributed by atoms with Gasteiger partial charge in [0.25, 0.3) is 5.56 Å². The number of rotatable bonds is 6. The smallest absolute Gasteiger partial charge is 0.319 e. The molecular formula is C32H35FN6O3. The third kappa shape index (κ3) is 4.31. The number of anilines is 1. The molecule has 2 aromatic carbocycles. The summed E-state index contributed by atoms with van der Waals surface area (Å²) in [7, 11) is 0. The van der Waals surface area contributed by atoms with Gasteiger partial charge in [-0.3, -0.25) is 9.69 Å². The van der Waals surface area contributed by atoms with Crippen LogP contribution in [-0.4, -0.2) is 82.1 Å². The maximum atomic E-state index is 14.4. The molecule has 0 amide bonds. The first kappa shape index (κ1) is 25.9. The normalized spacial score (nSPS) is 24.5. The molecule has 4 aromatic rings. The highest BCUT2D eigenvalue weighted by atomic mass is 19.1. The Bertz CT molecular complexity index is 1750. The number of hydrogen-bond acceptors (Lipinski definition) is 8. The van der Waals surface area contributed by atoms with Gasteiger partial charge in [-0.15, -0.1) is 0 Å². The van der Waals surface area contributed by atoms with Crippen molar-refractivity contribution in [3.63, 3.8) is 0 Å². The van der Waals surface area contributed by atoms with Crippen molar-refractivity contribution < 1.29 is 14.2 Å². The van der Waals surface area contributed by atoms with Crippen LogP contribution in [0.4, 0.5) is 10.2 Å². The van der Waals surface area contributed by atoms with Crippen molar-refractivity contribution in [2.45, 2.75) is 49.9 Å². The molecule has 9 nitrogen and oxygen atoms in total. The summed E-state index contributed by atoms with van der Waals surface area (Å²) in [6.07, 6.45) is 3.40. The van der Waals surface area contributed by atoms with E-state index in [9.17, 15) is 14.3 Å². The second-order valence-electron chi connectivity index (χ2n) is 12.3. The van der Waals surface area contributed by atoms with Crippen molar-refractivity contribution in [1.82, 2.24) is 24.8 Å². The molecule has 8 rings (SSSR count). The van der Waals surface area contributed by atoms with Gasteiger partial charge in [-0.1, -0.05) is 24.3 Å². The number of hydrogen-bond donors (Lipinski definition) is 2. The van der Waals surface area contributed by atoms with Crippen LogP contribution in [-0.2, 0) is 0 Å². The number of nitrogens with one attached hydrogen (secondary N) is 1. The van der Waals surface area contributed by atoms with Crippen molar-refractivity contribution in [3.05, 3.63) is 52.8 Å². The maximum absolute atomic E-state index is 14.4. The largest absolute Gasteiger partial charge is 0.508 e. The van der Waals surface area contributed by atoms with Gasteiger partial charge in [-0.2, -0.15) is 9.97 Å². The number of piperazine rings is 1. The van der Waals surface area contributed by atoms with Gasteiger partial charge in [0.05, 0.1) is 16.7 Å². The van der Waals surface area contributed by atoms with E-state index in [0.717, 1.165) is 67.3 Å². The van der Waals surface area contributed by atoms with E-state index < -0.39 is 6.17 Å². The Morgan fingerprint density at radius 1 is 1.10 bits per heavy atom. The van der Waals surface area contributed by atoms with Crippen LogP contribution >= 0.6 is 0 Å². The molecule has 3 saturated heterocycles. The van der Waals surface area contributed by atoms with E-state index >= 15 is 0 Å². The van der Waals surface area contributed by atoms with Crippen LogP contribution in [0.15, 0.2) is 47.3 Å². The molecule has 42 heavy (non-hydrogen) atoms. The fourth-order valence-electron chi connectivity index (χ4n) is 7.41. The zero-order valence-electron chi connectivity index (χ0n) is 23.6. The number of benzene rings is 2. The molecule has 218 valence electrons. The van der Waals surface area contributed by atoms with Gasteiger partial charge in [0.1, 0.15) is 29.7 Å². The Balaban J connectivity index is 1.30. The molecule has 4 aliphatic rings. The molecule has 3 aliphatic heterocycles. The molecule has 0 radical (unpaired) electrons. The van der Waals surface area contributed by atoms with Gasteiger partial charge in [0, 0.05) is 50.7 Å². The Kier molecular flexibility index (Phi) is 6.12. The summed E-state index contributed by atoms with van der Waals surface area (Å²) in [5.74, 6) is 0.744. The van der Waals surface area contributed by atoms with Crippen molar-refractivity contribution in [1.29, 1.82) is 0 Å². The number of fused-ring (bicyclic) bond motifs is 3. The lowest BCUT2D eigenvalue weighted by atomic mass is 9.95. The Hall–Kier alpha value is -3.76. The van der Waals surface area contributed by atoms with Crippen LogP contribution in [0.3, 0.4) is 0 Å². The Morgan fingerprint density at radius 3 is 2.76 bits per heavy atom. The fraction of sp³-hybridized carbons (Fsp3) is 0.469. The highest BCUT2D eigenvalue weighted by Gasteiger charge is 2.49. The van der Waals surface area contributed by atoms with E-state index in [1.807, 2.05) is 34.9 Å². The van der Waals surface area contributed by atoms with E-state index in [0.29, 0.717) is 49.4 Å². The molecule has 2 aromatic heterocycles. The number of aromatic hydroxyl groups is 1. The van der Waals surface area contributed by atoms with E-state index in [-0.39, 0.29) is 28.9 Å². The minimum absolute atomic E-state index is 0.0910. The highest BCUT2D eigenvalue weighted by molar-refractivity contribution is 5.99. The quantitative estimate of drug-likeness (QED) is 0.359. The van der Waals surface area contributed by atoms with Gasteiger partial charge in [-0.25, -0.2) is 4.39 Å². The third-order valence-electron chi connectivity index (χ3n) is 9.54. The number of alkyl halides is 1. The number of pyridine rings is 1.